The first-order valence-corrected chi connectivity index (χ1v) is 6.92. The van der Waals surface area contributed by atoms with E-state index in [2.05, 4.69) is 10.2 Å². The van der Waals surface area contributed by atoms with Gasteiger partial charge in [-0.05, 0) is 18.6 Å². The number of hydrogen-bond acceptors (Lipinski definition) is 4. The Hall–Kier alpha value is -1.44. The summed E-state index contributed by atoms with van der Waals surface area (Å²) in [5.41, 5.74) is 1.60. The van der Waals surface area contributed by atoms with Crippen LogP contribution in [0.2, 0.25) is 5.02 Å². The van der Waals surface area contributed by atoms with Gasteiger partial charge >= 0.3 is 0 Å². The van der Waals surface area contributed by atoms with Gasteiger partial charge in [0.15, 0.2) is 5.82 Å². The minimum Gasteiger partial charge on any atom is -0.300 e. The maximum atomic E-state index is 11.2. The van der Waals surface area contributed by atoms with Crippen LogP contribution in [0.15, 0.2) is 23.4 Å². The summed E-state index contributed by atoms with van der Waals surface area (Å²) in [6, 6.07) is 5.31. The molecule has 0 aliphatic rings. The summed E-state index contributed by atoms with van der Waals surface area (Å²) in [6.07, 6.45) is 0. The molecule has 2 N–H and O–H groups in total. The molecular formula is C10H11ClN4O2S. The highest BCUT2D eigenvalue weighted by Crippen LogP contribution is 2.24. The number of aromatic nitrogens is 3. The van der Waals surface area contributed by atoms with E-state index in [0.29, 0.717) is 16.4 Å². The minimum atomic E-state index is -3.88. The van der Waals surface area contributed by atoms with Crippen LogP contribution >= 0.6 is 11.6 Å². The molecule has 0 amide bonds. The molecule has 0 aliphatic heterocycles. The van der Waals surface area contributed by atoms with Crippen LogP contribution in [0.3, 0.4) is 0 Å². The smallest absolute Gasteiger partial charge is 0.273 e. The van der Waals surface area contributed by atoms with Gasteiger partial charge in [-0.2, -0.15) is 0 Å². The van der Waals surface area contributed by atoms with Crippen LogP contribution in [0, 0.1) is 6.92 Å². The fraction of sp³-hybridized carbons (Fsp3) is 0.200. The Bertz CT molecular complexity index is 709. The summed E-state index contributed by atoms with van der Waals surface area (Å²) in [6.45, 7) is 1.87. The number of halogens is 1. The molecule has 0 saturated heterocycles. The fourth-order valence-electron chi connectivity index (χ4n) is 1.55. The quantitative estimate of drug-likeness (QED) is 0.894. The third kappa shape index (κ3) is 2.24. The second kappa shape index (κ2) is 4.34. The molecule has 96 valence electrons. The lowest BCUT2D eigenvalue weighted by molar-refractivity contribution is 0.580. The molecular weight excluding hydrogens is 276 g/mol. The highest BCUT2D eigenvalue weighted by molar-refractivity contribution is 7.89. The minimum absolute atomic E-state index is 0.283. The van der Waals surface area contributed by atoms with Crippen molar-refractivity contribution >= 4 is 21.6 Å². The molecule has 0 atom stereocenters. The molecule has 6 nitrogen and oxygen atoms in total. The standard InChI is InChI=1S/C10H11ClN4O2S/c1-6-3-4-7(5-8(6)11)9-13-14-10(15(9)2)18(12,16)17/h3-5H,1-2H3,(H2,12,16,17). The summed E-state index contributed by atoms with van der Waals surface area (Å²) >= 11 is 6.01. The molecule has 18 heavy (non-hydrogen) atoms. The van der Waals surface area contributed by atoms with Crippen LogP contribution in [-0.2, 0) is 17.1 Å². The molecule has 0 fully saturated rings. The third-order valence-electron chi connectivity index (χ3n) is 2.52. The van der Waals surface area contributed by atoms with Crippen molar-refractivity contribution in [2.75, 3.05) is 0 Å². The summed E-state index contributed by atoms with van der Waals surface area (Å²) in [7, 11) is -2.35. The SMILES string of the molecule is Cc1ccc(-c2nnc(S(N)(=O)=O)n2C)cc1Cl. The lowest BCUT2D eigenvalue weighted by atomic mass is 10.1. The van der Waals surface area contributed by atoms with Crippen LogP contribution in [0.5, 0.6) is 0 Å². The number of nitrogens with two attached hydrogens (primary N) is 1. The number of sulfonamides is 1. The van der Waals surface area contributed by atoms with Gasteiger partial charge < -0.3 is 0 Å². The predicted octanol–water partition coefficient (Wildman–Crippen LogP) is 1.09. The van der Waals surface area contributed by atoms with Crippen LogP contribution in [0.4, 0.5) is 0 Å². The van der Waals surface area contributed by atoms with Crippen molar-refractivity contribution in [3.63, 3.8) is 0 Å². The van der Waals surface area contributed by atoms with Crippen LogP contribution < -0.4 is 5.14 Å². The monoisotopic (exact) mass is 286 g/mol. The number of hydrogen-bond donors (Lipinski definition) is 1. The molecule has 0 radical (unpaired) electrons. The van der Waals surface area contributed by atoms with Gasteiger partial charge in [-0.1, -0.05) is 23.7 Å². The zero-order valence-electron chi connectivity index (χ0n) is 9.75. The van der Waals surface area contributed by atoms with Gasteiger partial charge in [0, 0.05) is 17.6 Å². The molecule has 0 unspecified atom stereocenters. The average molecular weight is 287 g/mol. The van der Waals surface area contributed by atoms with Crippen LogP contribution in [0.1, 0.15) is 5.56 Å². The lowest BCUT2D eigenvalue weighted by Gasteiger charge is -2.04. The van der Waals surface area contributed by atoms with Crippen molar-refractivity contribution < 1.29 is 8.42 Å². The lowest BCUT2D eigenvalue weighted by Crippen LogP contribution is -2.17. The second-order valence-electron chi connectivity index (χ2n) is 3.87. The molecule has 0 aliphatic carbocycles. The zero-order valence-corrected chi connectivity index (χ0v) is 11.3. The van der Waals surface area contributed by atoms with Crippen molar-refractivity contribution in [2.24, 2.45) is 12.2 Å². The van der Waals surface area contributed by atoms with E-state index in [9.17, 15) is 8.42 Å². The summed E-state index contributed by atoms with van der Waals surface area (Å²) in [5.74, 6) is 0.390. The summed E-state index contributed by atoms with van der Waals surface area (Å²) < 4.78 is 23.8. The van der Waals surface area contributed by atoms with Crippen LogP contribution in [-0.4, -0.2) is 23.2 Å². The van der Waals surface area contributed by atoms with Gasteiger partial charge in [-0.15, -0.1) is 10.2 Å². The molecule has 8 heteroatoms. The van der Waals surface area contributed by atoms with Gasteiger partial charge in [0.25, 0.3) is 15.2 Å². The molecule has 2 aromatic rings. The van der Waals surface area contributed by atoms with E-state index in [1.54, 1.807) is 12.1 Å². The van der Waals surface area contributed by atoms with Crippen molar-refractivity contribution in [3.8, 4) is 11.4 Å². The van der Waals surface area contributed by atoms with Crippen molar-refractivity contribution in [3.05, 3.63) is 28.8 Å². The normalized spacial score (nSPS) is 11.8. The first-order chi connectivity index (χ1) is 8.30. The maximum absolute atomic E-state index is 11.2. The first-order valence-electron chi connectivity index (χ1n) is 4.99. The van der Waals surface area contributed by atoms with Crippen molar-refractivity contribution in [1.29, 1.82) is 0 Å². The molecule has 1 aromatic carbocycles. The Labute approximate surface area is 109 Å². The highest BCUT2D eigenvalue weighted by atomic mass is 35.5. The van der Waals surface area contributed by atoms with E-state index < -0.39 is 10.0 Å². The van der Waals surface area contributed by atoms with E-state index in [-0.39, 0.29) is 5.16 Å². The maximum Gasteiger partial charge on any atom is 0.273 e. The average Bonchev–Trinajstić information content (AvgIpc) is 2.64. The van der Waals surface area contributed by atoms with Gasteiger partial charge in [0.2, 0.25) is 0 Å². The molecule has 2 rings (SSSR count). The number of rotatable bonds is 2. The third-order valence-corrected chi connectivity index (χ3v) is 3.79. The second-order valence-corrected chi connectivity index (χ2v) is 5.74. The van der Waals surface area contributed by atoms with Gasteiger partial charge in [0.1, 0.15) is 0 Å². The predicted molar refractivity (Wildman–Crippen MR) is 67.6 cm³/mol. The number of primary sulfonamides is 1. The molecule has 0 saturated carbocycles. The fourth-order valence-corrected chi connectivity index (χ4v) is 2.35. The Morgan fingerprint density at radius 1 is 1.33 bits per heavy atom. The van der Waals surface area contributed by atoms with E-state index >= 15 is 0 Å². The van der Waals surface area contributed by atoms with Crippen molar-refractivity contribution in [2.45, 2.75) is 12.1 Å². The number of nitrogens with zero attached hydrogens (tertiary/aromatic N) is 3. The van der Waals surface area contributed by atoms with E-state index in [0.717, 1.165) is 5.56 Å². The highest BCUT2D eigenvalue weighted by Gasteiger charge is 2.19. The van der Waals surface area contributed by atoms with Crippen molar-refractivity contribution in [1.82, 2.24) is 14.8 Å². The molecule has 1 aromatic heterocycles. The van der Waals surface area contributed by atoms with Gasteiger partial charge in [-0.25, -0.2) is 13.6 Å². The van der Waals surface area contributed by atoms with Crippen LogP contribution in [0.25, 0.3) is 11.4 Å². The first kappa shape index (κ1) is 13.0. The number of aryl methyl sites for hydroxylation is 1. The summed E-state index contributed by atoms with van der Waals surface area (Å²) in [5, 5.41) is 12.7. The molecule has 0 bridgehead atoms. The van der Waals surface area contributed by atoms with E-state index in [4.69, 9.17) is 16.7 Å². The number of benzene rings is 1. The molecule has 0 spiro atoms. The Morgan fingerprint density at radius 3 is 2.50 bits per heavy atom. The van der Waals surface area contributed by atoms with E-state index in [1.807, 2.05) is 13.0 Å². The zero-order chi connectivity index (χ0) is 13.5. The Kier molecular flexibility index (Phi) is 3.14. The molecule has 1 heterocycles. The largest absolute Gasteiger partial charge is 0.300 e. The van der Waals surface area contributed by atoms with Gasteiger partial charge in [-0.3, -0.25) is 4.57 Å². The van der Waals surface area contributed by atoms with Gasteiger partial charge in [0.05, 0.1) is 0 Å². The summed E-state index contributed by atoms with van der Waals surface area (Å²) in [4.78, 5) is 0. The van der Waals surface area contributed by atoms with E-state index in [1.165, 1.54) is 11.6 Å². The Balaban J connectivity index is 2.59. The topological polar surface area (TPSA) is 90.9 Å². The Morgan fingerprint density at radius 2 is 2.00 bits per heavy atom.